The molecule has 0 bridgehead atoms. The SMILES string of the molecule is CCCCC(COC)NC(=O)C1CCC1C(=O)O. The fourth-order valence-corrected chi connectivity index (χ4v) is 2.27. The summed E-state index contributed by atoms with van der Waals surface area (Å²) in [5.41, 5.74) is 0. The van der Waals surface area contributed by atoms with Crippen LogP contribution in [0.3, 0.4) is 0 Å². The van der Waals surface area contributed by atoms with E-state index in [0.29, 0.717) is 19.4 Å². The van der Waals surface area contributed by atoms with Gasteiger partial charge in [0.15, 0.2) is 0 Å². The standard InChI is InChI=1S/C13H23NO4/c1-3-4-5-9(8-18-2)14-12(15)10-6-7-11(10)13(16)17/h9-11H,3-8H2,1-2H3,(H,14,15)(H,16,17). The number of nitrogens with one attached hydrogen (secondary N) is 1. The molecule has 3 unspecified atom stereocenters. The van der Waals surface area contributed by atoms with Gasteiger partial charge >= 0.3 is 5.97 Å². The smallest absolute Gasteiger partial charge is 0.307 e. The normalized spacial score (nSPS) is 24.1. The van der Waals surface area contributed by atoms with Crippen LogP contribution in [0, 0.1) is 11.8 Å². The van der Waals surface area contributed by atoms with Gasteiger partial charge in [-0.15, -0.1) is 0 Å². The van der Waals surface area contributed by atoms with Crippen LogP contribution in [0.15, 0.2) is 0 Å². The van der Waals surface area contributed by atoms with Gasteiger partial charge in [-0.1, -0.05) is 19.8 Å². The van der Waals surface area contributed by atoms with E-state index in [1.807, 2.05) is 0 Å². The minimum absolute atomic E-state index is 0.00232. The maximum Gasteiger partial charge on any atom is 0.307 e. The van der Waals surface area contributed by atoms with Crippen molar-refractivity contribution in [2.24, 2.45) is 11.8 Å². The van der Waals surface area contributed by atoms with Crippen molar-refractivity contribution < 1.29 is 19.4 Å². The molecule has 2 N–H and O–H groups in total. The zero-order valence-corrected chi connectivity index (χ0v) is 11.1. The highest BCUT2D eigenvalue weighted by atomic mass is 16.5. The average Bonchev–Trinajstić information content (AvgIpc) is 2.23. The Labute approximate surface area is 108 Å². The fourth-order valence-electron chi connectivity index (χ4n) is 2.27. The van der Waals surface area contributed by atoms with Gasteiger partial charge in [0.25, 0.3) is 0 Å². The van der Waals surface area contributed by atoms with E-state index in [9.17, 15) is 9.59 Å². The maximum absolute atomic E-state index is 12.0. The first-order valence-corrected chi connectivity index (χ1v) is 6.62. The number of carbonyl (C=O) groups is 2. The van der Waals surface area contributed by atoms with E-state index in [-0.39, 0.29) is 17.9 Å². The lowest BCUT2D eigenvalue weighted by atomic mass is 9.73. The van der Waals surface area contributed by atoms with Gasteiger partial charge in [0.05, 0.1) is 24.5 Å². The molecule has 1 aliphatic rings. The molecule has 0 radical (unpaired) electrons. The highest BCUT2D eigenvalue weighted by Gasteiger charge is 2.41. The number of hydrogen-bond acceptors (Lipinski definition) is 3. The van der Waals surface area contributed by atoms with Crippen LogP contribution in [-0.2, 0) is 14.3 Å². The molecule has 3 atom stereocenters. The summed E-state index contributed by atoms with van der Waals surface area (Å²) >= 11 is 0. The third kappa shape index (κ3) is 3.98. The van der Waals surface area contributed by atoms with Gasteiger partial charge in [0, 0.05) is 7.11 Å². The minimum Gasteiger partial charge on any atom is -0.481 e. The van der Waals surface area contributed by atoms with Gasteiger partial charge in [0.2, 0.25) is 5.91 Å². The molecule has 18 heavy (non-hydrogen) atoms. The van der Waals surface area contributed by atoms with Crippen molar-refractivity contribution in [3.63, 3.8) is 0 Å². The Morgan fingerprint density at radius 1 is 1.39 bits per heavy atom. The third-order valence-corrected chi connectivity index (χ3v) is 3.55. The number of carboxylic acids is 1. The summed E-state index contributed by atoms with van der Waals surface area (Å²) in [6.45, 7) is 2.58. The number of rotatable bonds is 8. The Balaban J connectivity index is 2.42. The molecule has 0 heterocycles. The summed E-state index contributed by atoms with van der Waals surface area (Å²) in [5, 5.41) is 11.8. The van der Waals surface area contributed by atoms with Gasteiger partial charge in [-0.2, -0.15) is 0 Å². The van der Waals surface area contributed by atoms with Crippen molar-refractivity contribution in [1.29, 1.82) is 0 Å². The first-order valence-electron chi connectivity index (χ1n) is 6.62. The molecule has 1 amide bonds. The van der Waals surface area contributed by atoms with E-state index < -0.39 is 11.9 Å². The molecule has 0 aliphatic heterocycles. The van der Waals surface area contributed by atoms with Crippen molar-refractivity contribution in [1.82, 2.24) is 5.32 Å². The van der Waals surface area contributed by atoms with Crippen molar-refractivity contribution in [3.8, 4) is 0 Å². The number of carbonyl (C=O) groups excluding carboxylic acids is 1. The lowest BCUT2D eigenvalue weighted by molar-refractivity contribution is -0.153. The molecule has 1 rings (SSSR count). The number of carboxylic acid groups (broad SMARTS) is 1. The van der Waals surface area contributed by atoms with Crippen molar-refractivity contribution >= 4 is 11.9 Å². The van der Waals surface area contributed by atoms with Crippen LogP contribution in [0.4, 0.5) is 0 Å². The number of methoxy groups -OCH3 is 1. The number of hydrogen-bond donors (Lipinski definition) is 2. The van der Waals surface area contributed by atoms with Crippen LogP contribution >= 0.6 is 0 Å². The third-order valence-electron chi connectivity index (χ3n) is 3.55. The van der Waals surface area contributed by atoms with E-state index in [0.717, 1.165) is 19.3 Å². The second-order valence-corrected chi connectivity index (χ2v) is 4.93. The summed E-state index contributed by atoms with van der Waals surface area (Å²) in [5.74, 6) is -1.85. The van der Waals surface area contributed by atoms with E-state index in [2.05, 4.69) is 12.2 Å². The van der Waals surface area contributed by atoms with Crippen LogP contribution in [0.5, 0.6) is 0 Å². The summed E-state index contributed by atoms with van der Waals surface area (Å²) in [6.07, 6.45) is 4.26. The van der Waals surface area contributed by atoms with Gasteiger partial charge < -0.3 is 15.2 Å². The summed E-state index contributed by atoms with van der Waals surface area (Å²) < 4.78 is 5.08. The maximum atomic E-state index is 12.0. The van der Waals surface area contributed by atoms with Crippen LogP contribution < -0.4 is 5.32 Å². The quantitative estimate of drug-likeness (QED) is 0.689. The Kier molecular flexibility index (Phi) is 6.12. The predicted octanol–water partition coefficient (Wildman–Crippen LogP) is 1.42. The fraction of sp³-hybridized carbons (Fsp3) is 0.846. The van der Waals surface area contributed by atoms with Gasteiger partial charge in [-0.3, -0.25) is 9.59 Å². The van der Waals surface area contributed by atoms with Crippen molar-refractivity contribution in [3.05, 3.63) is 0 Å². The number of amides is 1. The highest BCUT2D eigenvalue weighted by molar-refractivity contribution is 5.86. The molecule has 1 fully saturated rings. The molecule has 104 valence electrons. The average molecular weight is 257 g/mol. The van der Waals surface area contributed by atoms with E-state index in [4.69, 9.17) is 9.84 Å². The molecule has 0 aromatic rings. The predicted molar refractivity (Wildman–Crippen MR) is 67.2 cm³/mol. The van der Waals surface area contributed by atoms with Crippen LogP contribution in [0.2, 0.25) is 0 Å². The lowest BCUT2D eigenvalue weighted by Crippen LogP contribution is -2.48. The molecule has 0 spiro atoms. The monoisotopic (exact) mass is 257 g/mol. The van der Waals surface area contributed by atoms with Gasteiger partial charge in [-0.05, 0) is 19.3 Å². The van der Waals surface area contributed by atoms with Crippen LogP contribution in [0.1, 0.15) is 39.0 Å². The van der Waals surface area contributed by atoms with Crippen LogP contribution in [0.25, 0.3) is 0 Å². The second-order valence-electron chi connectivity index (χ2n) is 4.93. The summed E-state index contributed by atoms with van der Waals surface area (Å²) in [7, 11) is 1.61. The molecular formula is C13H23NO4. The molecule has 1 saturated carbocycles. The summed E-state index contributed by atoms with van der Waals surface area (Å²) in [4.78, 5) is 22.8. The van der Waals surface area contributed by atoms with Gasteiger partial charge in [-0.25, -0.2) is 0 Å². The van der Waals surface area contributed by atoms with Crippen molar-refractivity contribution in [2.75, 3.05) is 13.7 Å². The van der Waals surface area contributed by atoms with Crippen LogP contribution in [-0.4, -0.2) is 36.7 Å². The molecule has 1 aliphatic carbocycles. The van der Waals surface area contributed by atoms with Gasteiger partial charge in [0.1, 0.15) is 0 Å². The number of ether oxygens (including phenoxy) is 1. The lowest BCUT2D eigenvalue weighted by Gasteiger charge is -2.33. The Morgan fingerprint density at radius 3 is 2.50 bits per heavy atom. The van der Waals surface area contributed by atoms with Crippen molar-refractivity contribution in [2.45, 2.75) is 45.1 Å². The zero-order valence-electron chi connectivity index (χ0n) is 11.1. The Morgan fingerprint density at radius 2 is 2.06 bits per heavy atom. The molecular weight excluding hydrogens is 234 g/mol. The Hall–Kier alpha value is -1.10. The zero-order chi connectivity index (χ0) is 13.5. The molecule has 0 saturated heterocycles. The number of unbranched alkanes of at least 4 members (excludes halogenated alkanes) is 1. The minimum atomic E-state index is -0.863. The molecule has 5 nitrogen and oxygen atoms in total. The van der Waals surface area contributed by atoms with E-state index in [1.165, 1.54) is 0 Å². The first kappa shape index (κ1) is 15.0. The molecule has 0 aromatic heterocycles. The summed E-state index contributed by atoms with van der Waals surface area (Å²) in [6, 6.07) is -0.00232. The molecule has 5 heteroatoms. The largest absolute Gasteiger partial charge is 0.481 e. The first-order chi connectivity index (χ1) is 8.60. The highest BCUT2D eigenvalue weighted by Crippen LogP contribution is 2.34. The Bertz CT molecular complexity index is 293. The van der Waals surface area contributed by atoms with E-state index >= 15 is 0 Å². The second kappa shape index (κ2) is 7.36. The topological polar surface area (TPSA) is 75.6 Å². The molecule has 0 aromatic carbocycles. The number of aliphatic carboxylic acids is 1. The van der Waals surface area contributed by atoms with E-state index in [1.54, 1.807) is 7.11 Å².